The number of aromatic nitrogens is 1. The Morgan fingerprint density at radius 2 is 2.56 bits per heavy atom. The van der Waals surface area contributed by atoms with Crippen molar-refractivity contribution in [3.63, 3.8) is 0 Å². The van der Waals surface area contributed by atoms with Gasteiger partial charge in [0, 0.05) is 0 Å². The molecule has 0 aliphatic rings. The van der Waals surface area contributed by atoms with Crippen LogP contribution in [0.5, 0.6) is 0 Å². The highest BCUT2D eigenvalue weighted by atomic mass is 32.1. The van der Waals surface area contributed by atoms with Gasteiger partial charge in [-0.1, -0.05) is 6.07 Å². The normalized spacial score (nSPS) is 10.2. The fraction of sp³-hybridized carbons (Fsp3) is 0. The Bertz CT molecular complexity index is 283. The number of fused-ring (bicyclic) bond motifs is 1. The molecular weight excluding hydrogens is 130 g/mol. The van der Waals surface area contributed by atoms with Gasteiger partial charge in [0.25, 0.3) is 0 Å². The summed E-state index contributed by atoms with van der Waals surface area (Å²) in [4.78, 5) is 4.11. The zero-order chi connectivity index (χ0) is 6.10. The third-order valence-corrected chi connectivity index (χ3v) is 1.98. The minimum absolute atomic E-state index is 1.04. The summed E-state index contributed by atoms with van der Waals surface area (Å²) >= 11 is 1.66. The molecule has 0 atom stereocenters. The lowest BCUT2D eigenvalue weighted by Gasteiger charge is -1.79. The number of hydrogen-bond donors (Lipinski definition) is 0. The van der Waals surface area contributed by atoms with Crippen molar-refractivity contribution < 1.29 is 0 Å². The van der Waals surface area contributed by atoms with E-state index < -0.39 is 0 Å². The van der Waals surface area contributed by atoms with Crippen LogP contribution in [0, 0.1) is 6.07 Å². The Balaban J connectivity index is 2.95. The molecule has 0 aliphatic heterocycles. The Labute approximate surface area is 57.0 Å². The molecule has 0 aliphatic carbocycles. The van der Waals surface area contributed by atoms with Crippen molar-refractivity contribution in [1.82, 2.24) is 4.98 Å². The van der Waals surface area contributed by atoms with E-state index in [1.54, 1.807) is 11.3 Å². The van der Waals surface area contributed by atoms with Crippen molar-refractivity contribution in [2.75, 3.05) is 0 Å². The fourth-order valence-electron chi connectivity index (χ4n) is 0.748. The van der Waals surface area contributed by atoms with Crippen molar-refractivity contribution in [2.24, 2.45) is 0 Å². The largest absolute Gasteiger partial charge is 0.245 e. The maximum atomic E-state index is 4.11. The first kappa shape index (κ1) is 4.94. The summed E-state index contributed by atoms with van der Waals surface area (Å²) in [6.45, 7) is 0. The first-order valence-corrected chi connectivity index (χ1v) is 3.54. The molecule has 0 N–H and O–H groups in total. The minimum atomic E-state index is 1.04. The molecule has 0 bridgehead atoms. The summed E-state index contributed by atoms with van der Waals surface area (Å²) in [7, 11) is 0. The SMILES string of the molecule is [c]1ccc2scnc2c1. The Hall–Kier alpha value is -0.890. The maximum Gasteiger partial charge on any atom is 0.0818 e. The number of benzene rings is 1. The number of thiazole rings is 1. The van der Waals surface area contributed by atoms with Gasteiger partial charge in [0.15, 0.2) is 0 Å². The van der Waals surface area contributed by atoms with Crippen LogP contribution >= 0.6 is 11.3 Å². The van der Waals surface area contributed by atoms with Gasteiger partial charge in [-0.05, 0) is 18.2 Å². The predicted octanol–water partition coefficient (Wildman–Crippen LogP) is 2.10. The molecule has 0 saturated carbocycles. The second-order valence-corrected chi connectivity index (χ2v) is 2.63. The van der Waals surface area contributed by atoms with Crippen LogP contribution in [0.4, 0.5) is 0 Å². The van der Waals surface area contributed by atoms with Gasteiger partial charge in [-0.2, -0.15) is 0 Å². The highest BCUT2D eigenvalue weighted by Gasteiger charge is 1.89. The molecule has 2 rings (SSSR count). The third-order valence-electron chi connectivity index (χ3n) is 1.17. The smallest absolute Gasteiger partial charge is 0.0818 e. The molecule has 1 radical (unpaired) electrons. The summed E-state index contributed by atoms with van der Waals surface area (Å²) in [6.07, 6.45) is 0. The van der Waals surface area contributed by atoms with Crippen molar-refractivity contribution in [2.45, 2.75) is 0 Å². The number of hydrogen-bond acceptors (Lipinski definition) is 2. The van der Waals surface area contributed by atoms with Gasteiger partial charge in [0.05, 0.1) is 15.7 Å². The molecule has 0 unspecified atom stereocenters. The second-order valence-electron chi connectivity index (χ2n) is 1.75. The van der Waals surface area contributed by atoms with Crippen LogP contribution in [-0.2, 0) is 0 Å². The summed E-state index contributed by atoms with van der Waals surface area (Å²) in [5.74, 6) is 0. The lowest BCUT2D eigenvalue weighted by Crippen LogP contribution is -1.61. The lowest BCUT2D eigenvalue weighted by molar-refractivity contribution is 1.50. The van der Waals surface area contributed by atoms with Crippen molar-refractivity contribution in [3.05, 3.63) is 29.8 Å². The molecule has 2 aromatic rings. The summed E-state index contributed by atoms with van der Waals surface area (Å²) < 4.78 is 1.23. The Morgan fingerprint density at radius 1 is 1.56 bits per heavy atom. The third kappa shape index (κ3) is 0.715. The minimum Gasteiger partial charge on any atom is -0.245 e. The fourth-order valence-corrected chi connectivity index (χ4v) is 1.41. The van der Waals surface area contributed by atoms with Gasteiger partial charge in [0.2, 0.25) is 0 Å². The zero-order valence-electron chi connectivity index (χ0n) is 4.66. The molecule has 2 heteroatoms. The van der Waals surface area contributed by atoms with Crippen LogP contribution in [-0.4, -0.2) is 4.98 Å². The van der Waals surface area contributed by atoms with Crippen LogP contribution in [0.15, 0.2) is 23.7 Å². The monoisotopic (exact) mass is 134 g/mol. The van der Waals surface area contributed by atoms with Gasteiger partial charge >= 0.3 is 0 Å². The Kier molecular flexibility index (Phi) is 0.993. The van der Waals surface area contributed by atoms with Gasteiger partial charge in [0.1, 0.15) is 0 Å². The van der Waals surface area contributed by atoms with Gasteiger partial charge < -0.3 is 0 Å². The Morgan fingerprint density at radius 3 is 3.44 bits per heavy atom. The van der Waals surface area contributed by atoms with E-state index in [1.165, 1.54) is 4.70 Å². The predicted molar refractivity (Wildman–Crippen MR) is 38.5 cm³/mol. The average molecular weight is 134 g/mol. The van der Waals surface area contributed by atoms with Crippen molar-refractivity contribution >= 4 is 21.6 Å². The zero-order valence-corrected chi connectivity index (χ0v) is 5.48. The summed E-state index contributed by atoms with van der Waals surface area (Å²) in [5.41, 5.74) is 2.89. The lowest BCUT2D eigenvalue weighted by atomic mass is 10.3. The van der Waals surface area contributed by atoms with E-state index in [4.69, 9.17) is 0 Å². The van der Waals surface area contributed by atoms with Crippen LogP contribution in [0.1, 0.15) is 0 Å². The highest BCUT2D eigenvalue weighted by Crippen LogP contribution is 2.15. The molecule has 9 heavy (non-hydrogen) atoms. The van der Waals surface area contributed by atoms with E-state index in [9.17, 15) is 0 Å². The molecule has 43 valence electrons. The average Bonchev–Trinajstić information content (AvgIpc) is 2.33. The van der Waals surface area contributed by atoms with Crippen LogP contribution in [0.3, 0.4) is 0 Å². The highest BCUT2D eigenvalue weighted by molar-refractivity contribution is 7.16. The number of nitrogens with zero attached hydrogens (tertiary/aromatic N) is 1. The quantitative estimate of drug-likeness (QED) is 0.537. The molecule has 1 aromatic heterocycles. The molecule has 1 aromatic carbocycles. The van der Waals surface area contributed by atoms with E-state index in [2.05, 4.69) is 11.1 Å². The van der Waals surface area contributed by atoms with E-state index in [-0.39, 0.29) is 0 Å². The molecule has 0 amide bonds. The van der Waals surface area contributed by atoms with E-state index in [0.29, 0.717) is 0 Å². The van der Waals surface area contributed by atoms with Gasteiger partial charge in [-0.15, -0.1) is 11.3 Å². The maximum absolute atomic E-state index is 4.11. The molecular formula is C7H4NS. The topological polar surface area (TPSA) is 12.9 Å². The summed E-state index contributed by atoms with van der Waals surface area (Å²) in [6, 6.07) is 8.78. The standard InChI is InChI=1S/C7H4NS/c1-2-4-7-6(3-1)8-5-9-7/h2-5H. The molecule has 0 saturated heterocycles. The van der Waals surface area contributed by atoms with E-state index >= 15 is 0 Å². The van der Waals surface area contributed by atoms with Crippen LogP contribution in [0.2, 0.25) is 0 Å². The van der Waals surface area contributed by atoms with Gasteiger partial charge in [-0.25, -0.2) is 4.98 Å². The van der Waals surface area contributed by atoms with Crippen molar-refractivity contribution in [1.29, 1.82) is 0 Å². The van der Waals surface area contributed by atoms with Crippen molar-refractivity contribution in [3.8, 4) is 0 Å². The summed E-state index contributed by atoms with van der Waals surface area (Å²) in [5, 5.41) is 0. The second kappa shape index (κ2) is 1.81. The van der Waals surface area contributed by atoms with Gasteiger partial charge in [-0.3, -0.25) is 0 Å². The van der Waals surface area contributed by atoms with E-state index in [0.717, 1.165) is 5.52 Å². The van der Waals surface area contributed by atoms with Crippen LogP contribution in [0.25, 0.3) is 10.2 Å². The van der Waals surface area contributed by atoms with E-state index in [1.807, 2.05) is 23.7 Å². The molecule has 0 fully saturated rings. The molecule has 0 spiro atoms. The number of rotatable bonds is 0. The van der Waals surface area contributed by atoms with Crippen LogP contribution < -0.4 is 0 Å². The first-order valence-electron chi connectivity index (χ1n) is 2.66. The first-order chi connectivity index (χ1) is 4.47. The molecule has 1 nitrogen and oxygen atoms in total. The molecule has 1 heterocycles.